The molecule has 11 heteroatoms. The SMILES string of the molecule is CCNC(=NCCNS(=O)(=O)c1cccnc1)N1CCN(c2ccc(F)cc2)CC1.I. The third kappa shape index (κ3) is 7.28. The quantitative estimate of drug-likeness (QED) is 0.232. The monoisotopic (exact) mass is 562 g/mol. The summed E-state index contributed by atoms with van der Waals surface area (Å²) in [5, 5.41) is 3.26. The van der Waals surface area contributed by atoms with Gasteiger partial charge in [-0.05, 0) is 43.3 Å². The number of anilines is 1. The fraction of sp³-hybridized carbons (Fsp3) is 0.400. The molecule has 170 valence electrons. The molecule has 1 aliphatic rings. The minimum atomic E-state index is -3.59. The summed E-state index contributed by atoms with van der Waals surface area (Å²) in [6, 6.07) is 9.61. The number of hydrogen-bond acceptors (Lipinski definition) is 5. The molecule has 1 saturated heterocycles. The molecule has 0 unspecified atom stereocenters. The van der Waals surface area contributed by atoms with Gasteiger partial charge in [-0.25, -0.2) is 17.5 Å². The van der Waals surface area contributed by atoms with Crippen molar-refractivity contribution in [1.82, 2.24) is 19.9 Å². The molecule has 8 nitrogen and oxygen atoms in total. The molecule has 1 aromatic heterocycles. The first kappa shape index (κ1) is 25.3. The molecule has 0 amide bonds. The van der Waals surface area contributed by atoms with Crippen LogP contribution >= 0.6 is 24.0 Å². The van der Waals surface area contributed by atoms with Gasteiger partial charge in [-0.15, -0.1) is 24.0 Å². The van der Waals surface area contributed by atoms with Crippen molar-refractivity contribution in [3.8, 4) is 0 Å². The molecule has 3 rings (SSSR count). The Labute approximate surface area is 200 Å². The average molecular weight is 562 g/mol. The Morgan fingerprint density at radius 3 is 2.48 bits per heavy atom. The van der Waals surface area contributed by atoms with E-state index in [0.29, 0.717) is 6.54 Å². The van der Waals surface area contributed by atoms with E-state index in [0.717, 1.165) is 44.4 Å². The van der Waals surface area contributed by atoms with Gasteiger partial charge in [0.1, 0.15) is 10.7 Å². The lowest BCUT2D eigenvalue weighted by molar-refractivity contribution is 0.372. The van der Waals surface area contributed by atoms with E-state index in [-0.39, 0.29) is 41.2 Å². The Bertz CT molecular complexity index is 936. The van der Waals surface area contributed by atoms with Gasteiger partial charge in [0, 0.05) is 57.3 Å². The maximum atomic E-state index is 13.1. The summed E-state index contributed by atoms with van der Waals surface area (Å²) in [6.45, 7) is 6.36. The first-order chi connectivity index (χ1) is 14.5. The molecule has 0 radical (unpaired) electrons. The zero-order valence-corrected chi connectivity index (χ0v) is 20.5. The van der Waals surface area contributed by atoms with Crippen molar-refractivity contribution in [2.24, 2.45) is 4.99 Å². The number of nitrogens with zero attached hydrogens (tertiary/aromatic N) is 4. The maximum Gasteiger partial charge on any atom is 0.242 e. The Balaban J connectivity index is 0.00000341. The van der Waals surface area contributed by atoms with Crippen LogP contribution in [0.3, 0.4) is 0 Å². The fourth-order valence-corrected chi connectivity index (χ4v) is 4.17. The largest absolute Gasteiger partial charge is 0.368 e. The number of pyridine rings is 1. The van der Waals surface area contributed by atoms with Crippen molar-refractivity contribution >= 4 is 45.6 Å². The van der Waals surface area contributed by atoms with Crippen LogP contribution in [0.2, 0.25) is 0 Å². The van der Waals surface area contributed by atoms with Crippen molar-refractivity contribution in [1.29, 1.82) is 0 Å². The van der Waals surface area contributed by atoms with Crippen LogP contribution in [0.25, 0.3) is 0 Å². The van der Waals surface area contributed by atoms with Crippen LogP contribution in [-0.2, 0) is 10.0 Å². The number of piperazine rings is 1. The Morgan fingerprint density at radius 1 is 1.16 bits per heavy atom. The number of aromatic nitrogens is 1. The number of rotatable bonds is 7. The number of aliphatic imine (C=N–C) groups is 1. The van der Waals surface area contributed by atoms with Crippen molar-refractivity contribution in [2.45, 2.75) is 11.8 Å². The highest BCUT2D eigenvalue weighted by atomic mass is 127. The average Bonchev–Trinajstić information content (AvgIpc) is 2.77. The molecule has 2 aromatic rings. The molecule has 1 fully saturated rings. The van der Waals surface area contributed by atoms with Gasteiger partial charge >= 0.3 is 0 Å². The van der Waals surface area contributed by atoms with Gasteiger partial charge in [0.15, 0.2) is 5.96 Å². The molecule has 1 aromatic carbocycles. The van der Waals surface area contributed by atoms with E-state index < -0.39 is 10.0 Å². The summed E-state index contributed by atoms with van der Waals surface area (Å²) in [7, 11) is -3.59. The summed E-state index contributed by atoms with van der Waals surface area (Å²) in [6.07, 6.45) is 2.85. The molecular formula is C20H28FIN6O2S. The number of nitrogens with one attached hydrogen (secondary N) is 2. The van der Waals surface area contributed by atoms with Crippen LogP contribution in [0, 0.1) is 5.82 Å². The van der Waals surface area contributed by atoms with Gasteiger partial charge in [0.05, 0.1) is 6.54 Å². The number of halogens is 2. The second-order valence-corrected chi connectivity index (χ2v) is 8.54. The Kier molecular flexibility index (Phi) is 9.91. The fourth-order valence-electron chi connectivity index (χ4n) is 3.19. The van der Waals surface area contributed by atoms with Crippen molar-refractivity contribution in [2.75, 3.05) is 50.7 Å². The van der Waals surface area contributed by atoms with E-state index >= 15 is 0 Å². The molecule has 2 N–H and O–H groups in total. The van der Waals surface area contributed by atoms with Crippen molar-refractivity contribution in [3.05, 3.63) is 54.6 Å². The third-order valence-electron chi connectivity index (χ3n) is 4.72. The molecular weight excluding hydrogens is 534 g/mol. The van der Waals surface area contributed by atoms with E-state index in [1.165, 1.54) is 30.6 Å². The van der Waals surface area contributed by atoms with E-state index in [9.17, 15) is 12.8 Å². The summed E-state index contributed by atoms with van der Waals surface area (Å²) in [5.41, 5.74) is 1.00. The highest BCUT2D eigenvalue weighted by molar-refractivity contribution is 14.0. The molecule has 2 heterocycles. The summed E-state index contributed by atoms with van der Waals surface area (Å²) < 4.78 is 40.2. The zero-order chi connectivity index (χ0) is 21.4. The normalized spacial score (nSPS) is 14.8. The minimum absolute atomic E-state index is 0. The standard InChI is InChI=1S/C20H27FN6O2S.HI/c1-2-23-20(24-10-11-25-30(28,29)19-4-3-9-22-16-19)27-14-12-26(13-15-27)18-7-5-17(21)6-8-18;/h3-9,16,25H,2,10-15H2,1H3,(H,23,24);1H. The van der Waals surface area contributed by atoms with Crippen molar-refractivity contribution < 1.29 is 12.8 Å². The van der Waals surface area contributed by atoms with Crippen LogP contribution in [0.1, 0.15) is 6.92 Å². The predicted molar refractivity (Wildman–Crippen MR) is 131 cm³/mol. The number of guanidine groups is 1. The molecule has 1 aliphatic heterocycles. The predicted octanol–water partition coefficient (Wildman–Crippen LogP) is 1.90. The molecule has 0 bridgehead atoms. The van der Waals surface area contributed by atoms with E-state index in [1.54, 1.807) is 18.2 Å². The van der Waals surface area contributed by atoms with Crippen LogP contribution in [0.4, 0.5) is 10.1 Å². The first-order valence-corrected chi connectivity index (χ1v) is 11.4. The minimum Gasteiger partial charge on any atom is -0.368 e. The Morgan fingerprint density at radius 2 is 1.87 bits per heavy atom. The van der Waals surface area contributed by atoms with Crippen LogP contribution < -0.4 is 14.9 Å². The first-order valence-electron chi connectivity index (χ1n) is 9.93. The van der Waals surface area contributed by atoms with Gasteiger partial charge in [0.25, 0.3) is 0 Å². The topological polar surface area (TPSA) is 89.9 Å². The van der Waals surface area contributed by atoms with Crippen LogP contribution in [0.5, 0.6) is 0 Å². The van der Waals surface area contributed by atoms with Gasteiger partial charge < -0.3 is 15.1 Å². The van der Waals surface area contributed by atoms with Crippen LogP contribution in [0.15, 0.2) is 58.7 Å². The van der Waals surface area contributed by atoms with Gasteiger partial charge in [0.2, 0.25) is 10.0 Å². The highest BCUT2D eigenvalue weighted by Gasteiger charge is 2.20. The smallest absolute Gasteiger partial charge is 0.242 e. The second-order valence-electron chi connectivity index (χ2n) is 6.77. The zero-order valence-electron chi connectivity index (χ0n) is 17.4. The lowest BCUT2D eigenvalue weighted by Crippen LogP contribution is -2.52. The molecule has 0 saturated carbocycles. The highest BCUT2D eigenvalue weighted by Crippen LogP contribution is 2.17. The summed E-state index contributed by atoms with van der Waals surface area (Å²) in [5.74, 6) is 0.523. The van der Waals surface area contributed by atoms with Gasteiger partial charge in [-0.1, -0.05) is 0 Å². The Hall–Kier alpha value is -1.99. The van der Waals surface area contributed by atoms with E-state index in [2.05, 4.69) is 29.8 Å². The van der Waals surface area contributed by atoms with Crippen LogP contribution in [-0.4, -0.2) is 70.1 Å². The van der Waals surface area contributed by atoms with E-state index in [4.69, 9.17) is 0 Å². The van der Waals surface area contributed by atoms with E-state index in [1.807, 2.05) is 6.92 Å². The molecule has 0 spiro atoms. The maximum absolute atomic E-state index is 13.1. The molecule has 0 atom stereocenters. The number of benzene rings is 1. The second kappa shape index (κ2) is 12.2. The summed E-state index contributed by atoms with van der Waals surface area (Å²) in [4.78, 5) is 12.9. The lowest BCUT2D eigenvalue weighted by atomic mass is 10.2. The summed E-state index contributed by atoms with van der Waals surface area (Å²) >= 11 is 0. The number of sulfonamides is 1. The lowest BCUT2D eigenvalue weighted by Gasteiger charge is -2.37. The van der Waals surface area contributed by atoms with Gasteiger partial charge in [-0.2, -0.15) is 0 Å². The number of hydrogen-bond donors (Lipinski definition) is 2. The molecule has 31 heavy (non-hydrogen) atoms. The molecule has 0 aliphatic carbocycles. The third-order valence-corrected chi connectivity index (χ3v) is 6.16. The van der Waals surface area contributed by atoms with Gasteiger partial charge in [-0.3, -0.25) is 9.98 Å². The van der Waals surface area contributed by atoms with Crippen molar-refractivity contribution in [3.63, 3.8) is 0 Å².